The third kappa shape index (κ3) is 3.22. The average molecular weight is 302 g/mol. The van der Waals surface area contributed by atoms with E-state index in [9.17, 15) is 4.79 Å². The molecule has 0 saturated carbocycles. The van der Waals surface area contributed by atoms with Gasteiger partial charge in [0.15, 0.2) is 0 Å². The Balaban J connectivity index is 1.65. The highest BCUT2D eigenvalue weighted by Gasteiger charge is 2.24. The summed E-state index contributed by atoms with van der Waals surface area (Å²) < 4.78 is 5.78. The molecule has 0 unspecified atom stereocenters. The number of amides is 2. The molecular formula is C16H22N4O2. The molecule has 1 atom stereocenters. The molecule has 2 heterocycles. The largest absolute Gasteiger partial charge is 0.376 e. The van der Waals surface area contributed by atoms with Crippen molar-refractivity contribution in [3.05, 3.63) is 24.4 Å². The average Bonchev–Trinajstić information content (AvgIpc) is 3.03. The fourth-order valence-electron chi connectivity index (χ4n) is 2.81. The molecule has 118 valence electrons. The van der Waals surface area contributed by atoms with Crippen LogP contribution in [0.3, 0.4) is 0 Å². The van der Waals surface area contributed by atoms with E-state index in [1.54, 1.807) is 6.20 Å². The molecule has 1 aromatic carbocycles. The van der Waals surface area contributed by atoms with Gasteiger partial charge < -0.3 is 15.0 Å². The Morgan fingerprint density at radius 3 is 3.32 bits per heavy atom. The number of H-pyrrole nitrogens is 1. The standard InChI is InChI=1S/C16H22N4O2/c1-2-9-22-13-6-4-8-20(11-13)16(21)18-14-7-3-5-12-10-17-19-15(12)14/h3,5,7,10,13H,2,4,6,8-9,11H2,1H3,(H,17,19)(H,18,21)/t13-/m1/s1. The summed E-state index contributed by atoms with van der Waals surface area (Å²) >= 11 is 0. The number of nitrogens with zero attached hydrogens (tertiary/aromatic N) is 2. The van der Waals surface area contributed by atoms with Crippen LogP contribution < -0.4 is 5.32 Å². The van der Waals surface area contributed by atoms with E-state index < -0.39 is 0 Å². The van der Waals surface area contributed by atoms with Gasteiger partial charge in [0, 0.05) is 25.1 Å². The zero-order chi connectivity index (χ0) is 15.4. The van der Waals surface area contributed by atoms with E-state index in [0.29, 0.717) is 6.54 Å². The lowest BCUT2D eigenvalue weighted by Crippen LogP contribution is -2.45. The second-order valence-electron chi connectivity index (χ2n) is 5.65. The van der Waals surface area contributed by atoms with Gasteiger partial charge in [-0.2, -0.15) is 5.10 Å². The number of hydrogen-bond donors (Lipinski definition) is 2. The first kappa shape index (κ1) is 14.8. The fourth-order valence-corrected chi connectivity index (χ4v) is 2.81. The van der Waals surface area contributed by atoms with Crippen LogP contribution in [0.25, 0.3) is 10.9 Å². The van der Waals surface area contributed by atoms with Gasteiger partial charge in [-0.3, -0.25) is 5.10 Å². The molecule has 1 aliphatic heterocycles. The van der Waals surface area contributed by atoms with Crippen LogP contribution in [-0.4, -0.2) is 46.9 Å². The Bertz CT molecular complexity index is 640. The van der Waals surface area contributed by atoms with Crippen molar-refractivity contribution in [2.75, 3.05) is 25.0 Å². The molecule has 0 spiro atoms. The number of piperidine rings is 1. The van der Waals surface area contributed by atoms with E-state index in [4.69, 9.17) is 4.74 Å². The van der Waals surface area contributed by atoms with Gasteiger partial charge in [0.25, 0.3) is 0 Å². The molecule has 3 rings (SSSR count). The number of benzene rings is 1. The molecule has 1 fully saturated rings. The Labute approximate surface area is 129 Å². The van der Waals surface area contributed by atoms with Gasteiger partial charge in [-0.15, -0.1) is 0 Å². The van der Waals surface area contributed by atoms with Crippen molar-refractivity contribution in [2.45, 2.75) is 32.3 Å². The SMILES string of the molecule is CCCO[C@@H]1CCCN(C(=O)Nc2cccc3cn[nH]c23)C1. The van der Waals surface area contributed by atoms with Crippen LogP contribution in [-0.2, 0) is 4.74 Å². The molecule has 1 aromatic heterocycles. The zero-order valence-corrected chi connectivity index (χ0v) is 12.8. The Morgan fingerprint density at radius 2 is 2.45 bits per heavy atom. The van der Waals surface area contributed by atoms with Gasteiger partial charge in [-0.05, 0) is 25.3 Å². The smallest absolute Gasteiger partial charge is 0.321 e. The number of rotatable bonds is 4. The summed E-state index contributed by atoms with van der Waals surface area (Å²) in [5.41, 5.74) is 1.61. The predicted octanol–water partition coefficient (Wildman–Crippen LogP) is 2.99. The molecule has 2 amide bonds. The highest BCUT2D eigenvalue weighted by Crippen LogP contribution is 2.21. The summed E-state index contributed by atoms with van der Waals surface area (Å²) in [5.74, 6) is 0. The zero-order valence-electron chi connectivity index (χ0n) is 12.8. The molecule has 2 aromatic rings. The molecule has 2 N–H and O–H groups in total. The number of urea groups is 1. The lowest BCUT2D eigenvalue weighted by atomic mass is 10.1. The summed E-state index contributed by atoms with van der Waals surface area (Å²) in [6.07, 6.45) is 4.92. The number of hydrogen-bond acceptors (Lipinski definition) is 3. The van der Waals surface area contributed by atoms with Crippen molar-refractivity contribution in [1.29, 1.82) is 0 Å². The van der Waals surface area contributed by atoms with Gasteiger partial charge in [-0.1, -0.05) is 19.1 Å². The molecule has 22 heavy (non-hydrogen) atoms. The second kappa shape index (κ2) is 6.79. The van der Waals surface area contributed by atoms with Gasteiger partial charge in [-0.25, -0.2) is 4.79 Å². The van der Waals surface area contributed by atoms with E-state index >= 15 is 0 Å². The molecular weight excluding hydrogens is 280 g/mol. The number of anilines is 1. The highest BCUT2D eigenvalue weighted by molar-refractivity contribution is 5.99. The van der Waals surface area contributed by atoms with Crippen LogP contribution in [0.2, 0.25) is 0 Å². The van der Waals surface area contributed by atoms with Crippen LogP contribution in [0.15, 0.2) is 24.4 Å². The maximum Gasteiger partial charge on any atom is 0.321 e. The third-order valence-electron chi connectivity index (χ3n) is 3.94. The van der Waals surface area contributed by atoms with E-state index in [0.717, 1.165) is 49.0 Å². The summed E-state index contributed by atoms with van der Waals surface area (Å²) in [5, 5.41) is 10.9. The summed E-state index contributed by atoms with van der Waals surface area (Å²) in [6.45, 7) is 4.29. The summed E-state index contributed by atoms with van der Waals surface area (Å²) in [4.78, 5) is 14.3. The van der Waals surface area contributed by atoms with E-state index in [1.807, 2.05) is 23.1 Å². The van der Waals surface area contributed by atoms with Gasteiger partial charge in [0.2, 0.25) is 0 Å². The maximum atomic E-state index is 12.5. The monoisotopic (exact) mass is 302 g/mol. The van der Waals surface area contributed by atoms with Crippen molar-refractivity contribution < 1.29 is 9.53 Å². The fraction of sp³-hybridized carbons (Fsp3) is 0.500. The van der Waals surface area contributed by atoms with Gasteiger partial charge in [0.05, 0.1) is 23.5 Å². The lowest BCUT2D eigenvalue weighted by Gasteiger charge is -2.32. The minimum Gasteiger partial charge on any atom is -0.376 e. The minimum absolute atomic E-state index is 0.0769. The Kier molecular flexibility index (Phi) is 4.58. The molecule has 0 aliphatic carbocycles. The van der Waals surface area contributed by atoms with Crippen molar-refractivity contribution in [3.8, 4) is 0 Å². The second-order valence-corrected chi connectivity index (χ2v) is 5.65. The molecule has 6 nitrogen and oxygen atoms in total. The topological polar surface area (TPSA) is 70.2 Å². The van der Waals surface area contributed by atoms with Gasteiger partial charge >= 0.3 is 6.03 Å². The van der Waals surface area contributed by atoms with Gasteiger partial charge in [0.1, 0.15) is 0 Å². The summed E-state index contributed by atoms with van der Waals surface area (Å²) in [6, 6.07) is 5.68. The normalized spacial score (nSPS) is 18.6. The van der Waals surface area contributed by atoms with Crippen LogP contribution >= 0.6 is 0 Å². The number of ether oxygens (including phenoxy) is 1. The number of carbonyl (C=O) groups is 1. The van der Waals surface area contributed by atoms with E-state index in [1.165, 1.54) is 0 Å². The number of carbonyl (C=O) groups excluding carboxylic acids is 1. The number of aromatic amines is 1. The van der Waals surface area contributed by atoms with Crippen molar-refractivity contribution >= 4 is 22.6 Å². The maximum absolute atomic E-state index is 12.5. The first-order chi connectivity index (χ1) is 10.8. The van der Waals surface area contributed by atoms with Crippen molar-refractivity contribution in [1.82, 2.24) is 15.1 Å². The minimum atomic E-state index is -0.0769. The van der Waals surface area contributed by atoms with Crippen LogP contribution in [0.4, 0.5) is 10.5 Å². The lowest BCUT2D eigenvalue weighted by molar-refractivity contribution is 0.0115. The number of nitrogens with one attached hydrogen (secondary N) is 2. The molecule has 1 saturated heterocycles. The van der Waals surface area contributed by atoms with Crippen LogP contribution in [0.1, 0.15) is 26.2 Å². The van der Waals surface area contributed by atoms with Crippen LogP contribution in [0, 0.1) is 0 Å². The number of para-hydroxylation sites is 1. The molecule has 0 bridgehead atoms. The van der Waals surface area contributed by atoms with Crippen molar-refractivity contribution in [2.24, 2.45) is 0 Å². The van der Waals surface area contributed by atoms with E-state index in [-0.39, 0.29) is 12.1 Å². The molecule has 6 heteroatoms. The first-order valence-electron chi connectivity index (χ1n) is 7.87. The number of fused-ring (bicyclic) bond motifs is 1. The molecule has 0 radical (unpaired) electrons. The van der Waals surface area contributed by atoms with Crippen molar-refractivity contribution in [3.63, 3.8) is 0 Å². The number of aromatic nitrogens is 2. The third-order valence-corrected chi connectivity index (χ3v) is 3.94. The van der Waals surface area contributed by atoms with Crippen LogP contribution in [0.5, 0.6) is 0 Å². The predicted molar refractivity (Wildman–Crippen MR) is 86.0 cm³/mol. The summed E-state index contributed by atoms with van der Waals surface area (Å²) in [7, 11) is 0. The Hall–Kier alpha value is -2.08. The quantitative estimate of drug-likeness (QED) is 0.912. The first-order valence-corrected chi connectivity index (χ1v) is 7.87. The molecule has 1 aliphatic rings. The number of likely N-dealkylation sites (tertiary alicyclic amines) is 1. The van der Waals surface area contributed by atoms with E-state index in [2.05, 4.69) is 22.4 Å². The Morgan fingerprint density at radius 1 is 1.55 bits per heavy atom. The highest BCUT2D eigenvalue weighted by atomic mass is 16.5.